The van der Waals surface area contributed by atoms with Crippen molar-refractivity contribution in [1.82, 2.24) is 5.32 Å². The third-order valence-corrected chi connectivity index (χ3v) is 5.19. The van der Waals surface area contributed by atoms with E-state index < -0.39 is 11.9 Å². The first-order valence-corrected chi connectivity index (χ1v) is 8.15. The minimum atomic E-state index is -0.806. The summed E-state index contributed by atoms with van der Waals surface area (Å²) in [4.78, 5) is 23.6. The van der Waals surface area contributed by atoms with Crippen LogP contribution in [0.1, 0.15) is 64.7 Å². The normalized spacial score (nSPS) is 34.5. The number of carbonyl (C=O) groups is 2. The maximum absolute atomic E-state index is 12.4. The summed E-state index contributed by atoms with van der Waals surface area (Å²) < 4.78 is 0. The second-order valence-electron chi connectivity index (χ2n) is 6.47. The van der Waals surface area contributed by atoms with Crippen LogP contribution in [0.25, 0.3) is 0 Å². The quantitative estimate of drug-likeness (QED) is 0.832. The Morgan fingerprint density at radius 1 is 1.00 bits per heavy atom. The maximum Gasteiger partial charge on any atom is 0.307 e. The number of hydrogen-bond acceptors (Lipinski definition) is 2. The van der Waals surface area contributed by atoms with Gasteiger partial charge in [0.1, 0.15) is 0 Å². The fourth-order valence-electron chi connectivity index (χ4n) is 3.76. The highest BCUT2D eigenvalue weighted by Crippen LogP contribution is 2.32. The van der Waals surface area contributed by atoms with Gasteiger partial charge < -0.3 is 10.4 Å². The molecule has 0 unspecified atom stereocenters. The molecule has 2 aliphatic carbocycles. The topological polar surface area (TPSA) is 66.4 Å². The molecular formula is C16H27NO3. The van der Waals surface area contributed by atoms with E-state index in [2.05, 4.69) is 12.2 Å². The van der Waals surface area contributed by atoms with Crippen LogP contribution in [-0.2, 0) is 9.59 Å². The Kier molecular flexibility index (Phi) is 5.44. The Bertz CT molecular complexity index is 348. The number of carbonyl (C=O) groups excluding carboxylic acids is 1. The van der Waals surface area contributed by atoms with Crippen LogP contribution < -0.4 is 5.32 Å². The van der Waals surface area contributed by atoms with Gasteiger partial charge in [-0.15, -0.1) is 0 Å². The molecule has 0 radical (unpaired) electrons. The van der Waals surface area contributed by atoms with Crippen LogP contribution in [-0.4, -0.2) is 23.0 Å². The number of carboxylic acid groups (broad SMARTS) is 1. The molecule has 1 amide bonds. The monoisotopic (exact) mass is 281 g/mol. The fraction of sp³-hybridized carbons (Fsp3) is 0.875. The van der Waals surface area contributed by atoms with Gasteiger partial charge in [-0.2, -0.15) is 0 Å². The molecule has 0 bridgehead atoms. The number of rotatable bonds is 4. The summed E-state index contributed by atoms with van der Waals surface area (Å²) in [5, 5.41) is 12.4. The zero-order valence-electron chi connectivity index (χ0n) is 12.4. The summed E-state index contributed by atoms with van der Waals surface area (Å²) in [5.41, 5.74) is 0. The Hall–Kier alpha value is -1.06. The molecule has 0 spiro atoms. The van der Waals surface area contributed by atoms with E-state index in [4.69, 9.17) is 0 Å². The van der Waals surface area contributed by atoms with E-state index >= 15 is 0 Å². The summed E-state index contributed by atoms with van der Waals surface area (Å²) in [6.45, 7) is 2.23. The van der Waals surface area contributed by atoms with Crippen LogP contribution in [0.4, 0.5) is 0 Å². The summed E-state index contributed by atoms with van der Waals surface area (Å²) in [6.07, 6.45) is 8.99. The second kappa shape index (κ2) is 7.09. The number of amides is 1. The summed E-state index contributed by atoms with van der Waals surface area (Å²) in [7, 11) is 0. The van der Waals surface area contributed by atoms with E-state index in [1.165, 1.54) is 19.3 Å². The van der Waals surface area contributed by atoms with Crippen molar-refractivity contribution in [2.45, 2.75) is 70.8 Å². The lowest BCUT2D eigenvalue weighted by Crippen LogP contribution is -2.45. The molecule has 4 heteroatoms. The van der Waals surface area contributed by atoms with Crippen molar-refractivity contribution in [3.05, 3.63) is 0 Å². The molecule has 2 N–H and O–H groups in total. The molecule has 2 rings (SSSR count). The smallest absolute Gasteiger partial charge is 0.307 e. The van der Waals surface area contributed by atoms with Gasteiger partial charge in [-0.3, -0.25) is 9.59 Å². The molecule has 0 heterocycles. The van der Waals surface area contributed by atoms with Gasteiger partial charge in [-0.05, 0) is 44.4 Å². The Morgan fingerprint density at radius 2 is 1.60 bits per heavy atom. The SMILES string of the molecule is CCC1CCC(NC(=O)[C@@H]2CCCC[C@@H]2C(=O)O)CC1. The van der Waals surface area contributed by atoms with E-state index in [1.807, 2.05) is 0 Å². The van der Waals surface area contributed by atoms with Crippen molar-refractivity contribution in [3.8, 4) is 0 Å². The highest BCUT2D eigenvalue weighted by molar-refractivity contribution is 5.85. The molecule has 2 fully saturated rings. The fourth-order valence-corrected chi connectivity index (χ4v) is 3.76. The zero-order valence-corrected chi connectivity index (χ0v) is 12.4. The number of hydrogen-bond donors (Lipinski definition) is 2. The van der Waals surface area contributed by atoms with Crippen LogP contribution in [0.3, 0.4) is 0 Å². The highest BCUT2D eigenvalue weighted by atomic mass is 16.4. The van der Waals surface area contributed by atoms with Gasteiger partial charge in [-0.1, -0.05) is 26.2 Å². The summed E-state index contributed by atoms with van der Waals surface area (Å²) in [5.74, 6) is -0.804. The number of nitrogens with one attached hydrogen (secondary N) is 1. The molecule has 0 aromatic heterocycles. The molecule has 2 saturated carbocycles. The third kappa shape index (κ3) is 3.74. The molecular weight excluding hydrogens is 254 g/mol. The first-order valence-electron chi connectivity index (χ1n) is 8.15. The highest BCUT2D eigenvalue weighted by Gasteiger charge is 2.36. The lowest BCUT2D eigenvalue weighted by atomic mass is 9.78. The van der Waals surface area contributed by atoms with Crippen LogP contribution in [0, 0.1) is 17.8 Å². The molecule has 2 aliphatic rings. The predicted octanol–water partition coefficient (Wildman–Crippen LogP) is 2.96. The van der Waals surface area contributed by atoms with Gasteiger partial charge in [0.15, 0.2) is 0 Å². The zero-order chi connectivity index (χ0) is 14.5. The predicted molar refractivity (Wildman–Crippen MR) is 77.3 cm³/mol. The van der Waals surface area contributed by atoms with E-state index in [1.54, 1.807) is 0 Å². The molecule has 114 valence electrons. The Labute approximate surface area is 121 Å². The van der Waals surface area contributed by atoms with Gasteiger partial charge in [-0.25, -0.2) is 0 Å². The Balaban J connectivity index is 1.86. The average Bonchev–Trinajstić information content (AvgIpc) is 2.48. The van der Waals surface area contributed by atoms with Crippen molar-refractivity contribution in [3.63, 3.8) is 0 Å². The van der Waals surface area contributed by atoms with Gasteiger partial charge >= 0.3 is 5.97 Å². The molecule has 0 saturated heterocycles. The molecule has 0 aromatic rings. The third-order valence-electron chi connectivity index (χ3n) is 5.19. The Morgan fingerprint density at radius 3 is 2.15 bits per heavy atom. The van der Waals surface area contributed by atoms with Gasteiger partial charge in [0.05, 0.1) is 11.8 Å². The van der Waals surface area contributed by atoms with E-state index in [0.717, 1.165) is 38.0 Å². The number of aliphatic carboxylic acids is 1. The van der Waals surface area contributed by atoms with E-state index in [-0.39, 0.29) is 17.9 Å². The molecule has 4 nitrogen and oxygen atoms in total. The molecule has 0 aliphatic heterocycles. The van der Waals surface area contributed by atoms with E-state index in [9.17, 15) is 14.7 Å². The lowest BCUT2D eigenvalue weighted by Gasteiger charge is -2.32. The molecule has 20 heavy (non-hydrogen) atoms. The number of carboxylic acids is 1. The van der Waals surface area contributed by atoms with Crippen molar-refractivity contribution in [2.24, 2.45) is 17.8 Å². The minimum Gasteiger partial charge on any atom is -0.481 e. The van der Waals surface area contributed by atoms with E-state index in [0.29, 0.717) is 6.42 Å². The molecule has 0 aromatic carbocycles. The maximum atomic E-state index is 12.4. The average molecular weight is 281 g/mol. The van der Waals surface area contributed by atoms with Gasteiger partial charge in [0.2, 0.25) is 5.91 Å². The lowest BCUT2D eigenvalue weighted by molar-refractivity contribution is -0.149. The van der Waals surface area contributed by atoms with Crippen LogP contribution in [0.2, 0.25) is 0 Å². The summed E-state index contributed by atoms with van der Waals surface area (Å²) in [6, 6.07) is 0.265. The summed E-state index contributed by atoms with van der Waals surface area (Å²) >= 11 is 0. The van der Waals surface area contributed by atoms with Gasteiger partial charge in [0.25, 0.3) is 0 Å². The second-order valence-corrected chi connectivity index (χ2v) is 6.47. The van der Waals surface area contributed by atoms with Crippen molar-refractivity contribution < 1.29 is 14.7 Å². The minimum absolute atomic E-state index is 0.0166. The van der Waals surface area contributed by atoms with Crippen molar-refractivity contribution in [1.29, 1.82) is 0 Å². The first kappa shape index (κ1) is 15.3. The standard InChI is InChI=1S/C16H27NO3/c1-2-11-7-9-12(10-8-11)17-15(18)13-5-3-4-6-14(13)16(19)20/h11-14H,2-10H2,1H3,(H,17,18)(H,19,20)/t11?,12?,13-,14+/m1/s1. The largest absolute Gasteiger partial charge is 0.481 e. The van der Waals surface area contributed by atoms with Crippen LogP contribution in [0.15, 0.2) is 0 Å². The van der Waals surface area contributed by atoms with Gasteiger partial charge in [0, 0.05) is 6.04 Å². The van der Waals surface area contributed by atoms with Crippen LogP contribution >= 0.6 is 0 Å². The van der Waals surface area contributed by atoms with Crippen molar-refractivity contribution in [2.75, 3.05) is 0 Å². The van der Waals surface area contributed by atoms with Crippen molar-refractivity contribution >= 4 is 11.9 Å². The molecule has 2 atom stereocenters. The van der Waals surface area contributed by atoms with Crippen LogP contribution in [0.5, 0.6) is 0 Å². The first-order chi connectivity index (χ1) is 9.61.